The third-order valence-corrected chi connectivity index (χ3v) is 3.46. The molecule has 4 rings (SSSR count). The predicted molar refractivity (Wildman–Crippen MR) is 82.0 cm³/mol. The van der Waals surface area contributed by atoms with Gasteiger partial charge in [0.25, 0.3) is 0 Å². The number of aromatic nitrogens is 1. The molecule has 2 heterocycles. The Morgan fingerprint density at radius 3 is 2.68 bits per heavy atom. The van der Waals surface area contributed by atoms with Gasteiger partial charge >= 0.3 is 5.63 Å². The van der Waals surface area contributed by atoms with Gasteiger partial charge in [-0.2, -0.15) is 0 Å². The second-order valence-corrected chi connectivity index (χ2v) is 4.84. The Labute approximate surface area is 124 Å². The van der Waals surface area contributed by atoms with E-state index in [-0.39, 0.29) is 11.5 Å². The topological polar surface area (TPSA) is 65.5 Å². The van der Waals surface area contributed by atoms with Crippen LogP contribution in [0.4, 0.5) is 0 Å². The summed E-state index contributed by atoms with van der Waals surface area (Å²) in [4.78, 5) is 16.5. The molecule has 0 atom stereocenters. The quantitative estimate of drug-likeness (QED) is 0.528. The van der Waals surface area contributed by atoms with Crippen LogP contribution in [0, 0.1) is 0 Å². The Morgan fingerprint density at radius 2 is 1.86 bits per heavy atom. The molecular formula is C17H11NO4. The molecule has 0 N–H and O–H groups in total. The molecule has 5 heteroatoms. The molecule has 5 nitrogen and oxygen atoms in total. The average molecular weight is 293 g/mol. The number of ether oxygens (including phenoxy) is 1. The van der Waals surface area contributed by atoms with Crippen molar-refractivity contribution in [2.75, 3.05) is 7.11 Å². The zero-order valence-electron chi connectivity index (χ0n) is 11.7. The van der Waals surface area contributed by atoms with E-state index in [4.69, 9.17) is 13.6 Å². The first-order valence-corrected chi connectivity index (χ1v) is 6.72. The van der Waals surface area contributed by atoms with Crippen molar-refractivity contribution in [3.8, 4) is 17.2 Å². The molecule has 108 valence electrons. The molecule has 2 aromatic carbocycles. The van der Waals surface area contributed by atoms with Crippen LogP contribution in [0.25, 0.3) is 33.5 Å². The minimum Gasteiger partial charge on any atom is -0.497 e. The van der Waals surface area contributed by atoms with Crippen molar-refractivity contribution >= 4 is 22.1 Å². The van der Waals surface area contributed by atoms with Gasteiger partial charge < -0.3 is 13.6 Å². The van der Waals surface area contributed by atoms with Crippen molar-refractivity contribution in [2.24, 2.45) is 0 Å². The first kappa shape index (κ1) is 12.6. The molecule has 0 spiro atoms. The molecule has 0 saturated heterocycles. The third-order valence-electron chi connectivity index (χ3n) is 3.46. The van der Waals surface area contributed by atoms with E-state index in [1.807, 2.05) is 18.2 Å². The van der Waals surface area contributed by atoms with E-state index in [0.717, 1.165) is 5.39 Å². The highest BCUT2D eigenvalue weighted by molar-refractivity contribution is 5.83. The standard InChI is InChI=1S/C17H11NO4/c1-20-11-6-7-14-10(8-11)9-12(17(19)22-14)16-18-13-4-2-3-5-15(13)21-16/h2-9H,1H3. The maximum Gasteiger partial charge on any atom is 0.349 e. The zero-order chi connectivity index (χ0) is 15.1. The number of hydrogen-bond acceptors (Lipinski definition) is 5. The number of fused-ring (bicyclic) bond motifs is 2. The molecule has 0 amide bonds. The normalized spacial score (nSPS) is 11.1. The van der Waals surface area contributed by atoms with Gasteiger partial charge in [0, 0.05) is 5.39 Å². The number of para-hydroxylation sites is 2. The summed E-state index contributed by atoms with van der Waals surface area (Å²) in [6.45, 7) is 0. The first-order valence-electron chi connectivity index (χ1n) is 6.72. The Kier molecular flexibility index (Phi) is 2.72. The number of hydrogen-bond donors (Lipinski definition) is 0. The third kappa shape index (κ3) is 1.95. The van der Waals surface area contributed by atoms with Crippen LogP contribution in [-0.2, 0) is 0 Å². The fourth-order valence-electron chi connectivity index (χ4n) is 2.36. The molecule has 0 aliphatic rings. The summed E-state index contributed by atoms with van der Waals surface area (Å²) >= 11 is 0. The summed E-state index contributed by atoms with van der Waals surface area (Å²) in [6, 6.07) is 14.3. The van der Waals surface area contributed by atoms with Gasteiger partial charge in [-0.05, 0) is 36.4 Å². The van der Waals surface area contributed by atoms with E-state index in [1.165, 1.54) is 0 Å². The van der Waals surface area contributed by atoms with Crippen LogP contribution < -0.4 is 10.4 Å². The molecule has 2 aromatic heterocycles. The molecule has 0 radical (unpaired) electrons. The lowest BCUT2D eigenvalue weighted by atomic mass is 10.2. The maximum absolute atomic E-state index is 12.2. The fourth-order valence-corrected chi connectivity index (χ4v) is 2.36. The Balaban J connectivity index is 1.96. The molecule has 4 aromatic rings. The number of methoxy groups -OCH3 is 1. The Bertz CT molecular complexity index is 1010. The first-order chi connectivity index (χ1) is 10.7. The van der Waals surface area contributed by atoms with Crippen LogP contribution in [0.15, 0.2) is 62.2 Å². The number of benzene rings is 2. The van der Waals surface area contributed by atoms with E-state index >= 15 is 0 Å². The van der Waals surface area contributed by atoms with E-state index in [0.29, 0.717) is 22.4 Å². The van der Waals surface area contributed by atoms with Gasteiger partial charge in [-0.1, -0.05) is 12.1 Å². The SMILES string of the molecule is COc1ccc2oc(=O)c(-c3nc4ccccc4o3)cc2c1. The second kappa shape index (κ2) is 4.73. The van der Waals surface area contributed by atoms with Crippen molar-refractivity contribution in [3.05, 3.63) is 59.0 Å². The van der Waals surface area contributed by atoms with Crippen LogP contribution in [0.1, 0.15) is 0 Å². The molecule has 0 aliphatic heterocycles. The van der Waals surface area contributed by atoms with E-state index in [9.17, 15) is 4.79 Å². The van der Waals surface area contributed by atoms with Crippen molar-refractivity contribution in [1.82, 2.24) is 4.98 Å². The lowest BCUT2D eigenvalue weighted by molar-refractivity contribution is 0.415. The van der Waals surface area contributed by atoms with Crippen molar-refractivity contribution in [2.45, 2.75) is 0 Å². The van der Waals surface area contributed by atoms with Gasteiger partial charge in [0.05, 0.1) is 7.11 Å². The van der Waals surface area contributed by atoms with E-state index in [1.54, 1.807) is 37.4 Å². The van der Waals surface area contributed by atoms with Gasteiger partial charge in [-0.3, -0.25) is 0 Å². The highest BCUT2D eigenvalue weighted by atomic mass is 16.5. The minimum absolute atomic E-state index is 0.250. The van der Waals surface area contributed by atoms with Gasteiger partial charge in [-0.15, -0.1) is 0 Å². The lowest BCUT2D eigenvalue weighted by Crippen LogP contribution is -2.02. The summed E-state index contributed by atoms with van der Waals surface area (Å²) in [5.41, 5.74) is 1.62. The summed E-state index contributed by atoms with van der Waals surface area (Å²) in [6.07, 6.45) is 0. The van der Waals surface area contributed by atoms with Crippen molar-refractivity contribution in [3.63, 3.8) is 0 Å². The van der Waals surface area contributed by atoms with Crippen molar-refractivity contribution < 1.29 is 13.6 Å². The maximum atomic E-state index is 12.2. The molecule has 0 fully saturated rings. The van der Waals surface area contributed by atoms with Crippen LogP contribution in [0.3, 0.4) is 0 Å². The number of nitrogens with zero attached hydrogens (tertiary/aromatic N) is 1. The van der Waals surface area contributed by atoms with Crippen LogP contribution in [-0.4, -0.2) is 12.1 Å². The van der Waals surface area contributed by atoms with Crippen LogP contribution in [0.2, 0.25) is 0 Å². The largest absolute Gasteiger partial charge is 0.497 e. The van der Waals surface area contributed by atoms with Crippen molar-refractivity contribution in [1.29, 1.82) is 0 Å². The van der Waals surface area contributed by atoms with Gasteiger partial charge in [0.15, 0.2) is 5.58 Å². The van der Waals surface area contributed by atoms with E-state index < -0.39 is 5.63 Å². The molecule has 0 saturated carbocycles. The predicted octanol–water partition coefficient (Wildman–Crippen LogP) is 3.61. The monoisotopic (exact) mass is 293 g/mol. The van der Waals surface area contributed by atoms with E-state index in [2.05, 4.69) is 4.98 Å². The summed E-state index contributed by atoms with van der Waals surface area (Å²) in [5.74, 6) is 0.935. The summed E-state index contributed by atoms with van der Waals surface area (Å²) in [5, 5.41) is 0.746. The molecule has 22 heavy (non-hydrogen) atoms. The molecule has 0 bridgehead atoms. The molecule has 0 unspecified atom stereocenters. The van der Waals surface area contributed by atoms with Gasteiger partial charge in [0.1, 0.15) is 22.4 Å². The lowest BCUT2D eigenvalue weighted by Gasteiger charge is -2.02. The zero-order valence-corrected chi connectivity index (χ0v) is 11.7. The molecule has 0 aliphatic carbocycles. The van der Waals surface area contributed by atoms with Gasteiger partial charge in [0.2, 0.25) is 5.89 Å². The number of rotatable bonds is 2. The highest BCUT2D eigenvalue weighted by Gasteiger charge is 2.14. The average Bonchev–Trinajstić information content (AvgIpc) is 2.97. The Hall–Kier alpha value is -3.08. The smallest absolute Gasteiger partial charge is 0.349 e. The van der Waals surface area contributed by atoms with Crippen LogP contribution >= 0.6 is 0 Å². The number of oxazole rings is 1. The fraction of sp³-hybridized carbons (Fsp3) is 0.0588. The Morgan fingerprint density at radius 1 is 1.00 bits per heavy atom. The van der Waals surface area contributed by atoms with Crippen LogP contribution in [0.5, 0.6) is 5.75 Å². The summed E-state index contributed by atoms with van der Waals surface area (Å²) in [7, 11) is 1.59. The second-order valence-electron chi connectivity index (χ2n) is 4.84. The highest BCUT2D eigenvalue weighted by Crippen LogP contribution is 2.26. The minimum atomic E-state index is -0.482. The van der Waals surface area contributed by atoms with Gasteiger partial charge in [-0.25, -0.2) is 9.78 Å². The summed E-state index contributed by atoms with van der Waals surface area (Å²) < 4.78 is 16.2. The molecular weight excluding hydrogens is 282 g/mol.